The van der Waals surface area contributed by atoms with E-state index in [1.54, 1.807) is 39.0 Å². The highest BCUT2D eigenvalue weighted by Crippen LogP contribution is 2.42. The molecule has 18 heteroatoms. The number of ether oxygens (including phenoxy) is 1. The molecule has 0 saturated carbocycles. The summed E-state index contributed by atoms with van der Waals surface area (Å²) in [6.45, 7) is 9.31. The Balaban J connectivity index is 0.794. The summed E-state index contributed by atoms with van der Waals surface area (Å²) in [6, 6.07) is 21.2. The van der Waals surface area contributed by atoms with Crippen molar-refractivity contribution < 1.29 is 41.7 Å². The minimum atomic E-state index is -1.17. The number of rotatable bonds is 13. The molecule has 361 valence electrons. The molecule has 70 heavy (non-hydrogen) atoms. The summed E-state index contributed by atoms with van der Waals surface area (Å²) >= 11 is 0. The topological polar surface area (TPSA) is 162 Å². The number of halogens is 3. The van der Waals surface area contributed by atoms with Crippen molar-refractivity contribution in [2.24, 2.45) is 5.41 Å². The van der Waals surface area contributed by atoms with E-state index in [2.05, 4.69) is 54.8 Å². The summed E-state index contributed by atoms with van der Waals surface area (Å²) in [5, 5.41) is 5.64. The molecule has 5 heterocycles. The number of fused-ring (bicyclic) bond motifs is 1. The summed E-state index contributed by atoms with van der Waals surface area (Å²) in [5.41, 5.74) is 5.06. The first-order valence-electron chi connectivity index (χ1n) is 23.4. The number of methoxy groups -OCH3 is 1. The van der Waals surface area contributed by atoms with E-state index in [1.807, 2.05) is 11.0 Å². The summed E-state index contributed by atoms with van der Waals surface area (Å²) in [5.74, 6) is -2.21. The maximum absolute atomic E-state index is 15.3. The number of piperidine rings is 2. The first-order valence-corrected chi connectivity index (χ1v) is 23.4. The molecule has 5 amide bonds. The average molecular weight is 954 g/mol. The quantitative estimate of drug-likeness (QED) is 0.0961. The number of likely N-dealkylation sites (tertiary alicyclic amines) is 2. The molecule has 0 atom stereocenters. The number of nitrogens with one attached hydrogen (secondary N) is 3. The van der Waals surface area contributed by atoms with E-state index in [0.717, 1.165) is 69.1 Å². The maximum Gasteiger partial charge on any atom is 0.536 e. The fourth-order valence-corrected chi connectivity index (χ4v) is 9.89. The molecule has 3 fully saturated rings. The van der Waals surface area contributed by atoms with Gasteiger partial charge < -0.3 is 29.5 Å². The summed E-state index contributed by atoms with van der Waals surface area (Å²) < 4.78 is 53.7. The van der Waals surface area contributed by atoms with E-state index in [-0.39, 0.29) is 49.2 Å². The van der Waals surface area contributed by atoms with Gasteiger partial charge in [-0.3, -0.25) is 28.9 Å². The van der Waals surface area contributed by atoms with E-state index in [0.29, 0.717) is 63.5 Å². The average Bonchev–Trinajstić information content (AvgIpc) is 3.80. The van der Waals surface area contributed by atoms with Gasteiger partial charge in [0.2, 0.25) is 5.91 Å². The van der Waals surface area contributed by atoms with Gasteiger partial charge in [-0.05, 0) is 142 Å². The van der Waals surface area contributed by atoms with Crippen LogP contribution in [0.5, 0.6) is 5.75 Å². The number of anilines is 2. The number of amides is 5. The van der Waals surface area contributed by atoms with Gasteiger partial charge in [-0.2, -0.15) is 0 Å². The first-order chi connectivity index (χ1) is 33.6. The molecule has 3 saturated heterocycles. The van der Waals surface area contributed by atoms with Gasteiger partial charge in [-0.25, -0.2) is 23.5 Å². The number of hydrogen-bond acceptors (Lipinski definition) is 9. The lowest BCUT2D eigenvalue weighted by atomic mass is 9.71. The zero-order valence-corrected chi connectivity index (χ0v) is 39.5. The lowest BCUT2D eigenvalue weighted by molar-refractivity contribution is -0.120. The van der Waals surface area contributed by atoms with E-state index in [9.17, 15) is 23.5 Å². The summed E-state index contributed by atoms with van der Waals surface area (Å²) in [6.07, 6.45) is 6.48. The second kappa shape index (κ2) is 19.8. The molecule has 2 aromatic heterocycles. The molecule has 0 aliphatic carbocycles. The van der Waals surface area contributed by atoms with Crippen molar-refractivity contribution in [1.82, 2.24) is 30.1 Å². The van der Waals surface area contributed by atoms with Gasteiger partial charge in [-0.15, -0.1) is 0 Å². The Kier molecular flexibility index (Phi) is 13.5. The van der Waals surface area contributed by atoms with Crippen LogP contribution in [0.4, 0.5) is 29.3 Å². The van der Waals surface area contributed by atoms with Crippen LogP contribution in [0.25, 0.3) is 33.5 Å². The summed E-state index contributed by atoms with van der Waals surface area (Å²) in [7, 11) is 1.54. The normalized spacial score (nSPS) is 16.4. The van der Waals surface area contributed by atoms with Crippen LogP contribution < -0.4 is 20.3 Å². The Morgan fingerprint density at radius 1 is 0.900 bits per heavy atom. The van der Waals surface area contributed by atoms with Crippen LogP contribution in [-0.2, 0) is 21.5 Å². The van der Waals surface area contributed by atoms with E-state index in [4.69, 9.17) is 9.39 Å². The molecular formula is C52H53BF3N8O6. The van der Waals surface area contributed by atoms with Crippen molar-refractivity contribution in [3.8, 4) is 28.3 Å². The predicted molar refractivity (Wildman–Crippen MR) is 260 cm³/mol. The number of aromatic amines is 1. The summed E-state index contributed by atoms with van der Waals surface area (Å²) in [4.78, 5) is 69.6. The van der Waals surface area contributed by atoms with Crippen molar-refractivity contribution in [3.63, 3.8) is 0 Å². The highest BCUT2D eigenvalue weighted by Gasteiger charge is 2.39. The van der Waals surface area contributed by atoms with Gasteiger partial charge in [0.15, 0.2) is 0 Å². The van der Waals surface area contributed by atoms with Gasteiger partial charge in [-0.1, -0.05) is 30.3 Å². The molecule has 1 radical (unpaired) electrons. The van der Waals surface area contributed by atoms with E-state index >= 15 is 8.78 Å². The van der Waals surface area contributed by atoms with Crippen molar-refractivity contribution >= 4 is 53.9 Å². The number of imide groups is 1. The van der Waals surface area contributed by atoms with Crippen LogP contribution in [0, 0.1) is 24.0 Å². The smallest absolute Gasteiger partial charge is 0.495 e. The van der Waals surface area contributed by atoms with Crippen LogP contribution >= 0.6 is 0 Å². The molecule has 1 spiro atoms. The molecule has 4 aromatic carbocycles. The number of nitrogens with zero attached hydrogens (tertiary/aromatic N) is 5. The Labute approximate surface area is 404 Å². The monoisotopic (exact) mass is 953 g/mol. The third-order valence-corrected chi connectivity index (χ3v) is 14.3. The van der Waals surface area contributed by atoms with Gasteiger partial charge >= 0.3 is 13.8 Å². The Hall–Kier alpha value is -7.05. The first kappa shape index (κ1) is 48.0. The lowest BCUT2D eigenvalue weighted by Crippen LogP contribution is -2.50. The van der Waals surface area contributed by atoms with Crippen LogP contribution in [-0.4, -0.2) is 103 Å². The van der Waals surface area contributed by atoms with E-state index in [1.165, 1.54) is 48.2 Å². The van der Waals surface area contributed by atoms with Crippen molar-refractivity contribution in [2.75, 3.05) is 56.6 Å². The third kappa shape index (κ3) is 9.88. The predicted octanol–water partition coefficient (Wildman–Crippen LogP) is 8.90. The molecule has 3 N–H and O–H groups in total. The Bertz CT molecular complexity index is 2980. The number of benzene rings is 4. The van der Waals surface area contributed by atoms with Gasteiger partial charge in [0, 0.05) is 60.5 Å². The molecular weight excluding hydrogens is 900 g/mol. The molecule has 14 nitrogen and oxygen atoms in total. The maximum atomic E-state index is 15.3. The fourth-order valence-electron chi connectivity index (χ4n) is 9.89. The van der Waals surface area contributed by atoms with Crippen molar-refractivity contribution in [3.05, 3.63) is 125 Å². The lowest BCUT2D eigenvalue weighted by Gasteiger charge is -2.47. The minimum Gasteiger partial charge on any atom is -0.495 e. The highest BCUT2D eigenvalue weighted by molar-refractivity contribution is 6.17. The zero-order valence-electron chi connectivity index (χ0n) is 39.5. The van der Waals surface area contributed by atoms with Gasteiger partial charge in [0.05, 0.1) is 29.7 Å². The SMILES string of the molecule is COc1ccc(C(=O)N2CCC3(CCN(CCc4ccc(-c5cc6c(-c7cc(F)cc(NC(=O)c8ccc(C(C)(C)O[B]F)cc8F)c7C)ncnc6[nH]5)cc4)CC3)CC2)cc1N1CCC(=O)NC1=O. The number of urea groups is 1. The van der Waals surface area contributed by atoms with Gasteiger partial charge in [0.1, 0.15) is 29.4 Å². The molecule has 9 rings (SSSR count). The van der Waals surface area contributed by atoms with Crippen LogP contribution in [0.15, 0.2) is 85.2 Å². The van der Waals surface area contributed by atoms with Crippen LogP contribution in [0.1, 0.15) is 83.4 Å². The number of carbonyl (C=O) groups excluding carboxylic acids is 4. The Morgan fingerprint density at radius 3 is 2.34 bits per heavy atom. The Morgan fingerprint density at radius 2 is 1.64 bits per heavy atom. The van der Waals surface area contributed by atoms with Crippen molar-refractivity contribution in [1.29, 1.82) is 0 Å². The largest absolute Gasteiger partial charge is 0.536 e. The zero-order chi connectivity index (χ0) is 49.3. The second-order valence-electron chi connectivity index (χ2n) is 18.9. The van der Waals surface area contributed by atoms with E-state index < -0.39 is 29.2 Å². The number of hydrogen-bond donors (Lipinski definition) is 3. The van der Waals surface area contributed by atoms with Crippen LogP contribution in [0.2, 0.25) is 0 Å². The number of H-pyrrole nitrogens is 1. The molecule has 3 aliphatic rings. The molecule has 0 unspecified atom stereocenters. The number of aromatic nitrogens is 3. The third-order valence-electron chi connectivity index (χ3n) is 14.3. The fraction of sp³-hybridized carbons (Fsp3) is 0.346. The second-order valence-corrected chi connectivity index (χ2v) is 18.9. The highest BCUT2D eigenvalue weighted by atomic mass is 19.1. The standard InChI is InChI=1S/C52H53BF3N8O6/c1-31-38(27-36(54)28-41(31)60-48(66)37-11-10-35(26-40(37)55)51(2,3)70-53-56)46-39-29-42(59-47(39)58-30-57-46)33-7-5-32(6-8-33)13-19-62-21-15-52(16-22-62)17-23-63(24-18-52)49(67)34-9-12-44(69-4)43(25-34)64-20-14-45(65)61-50(64)68/h5-12,25-30H,13-24H2,1-4H3,(H,60,66)(H,57,58,59)(H,61,65,68). The molecule has 6 aromatic rings. The molecule has 0 bridgehead atoms. The number of carbonyl (C=O) groups is 4. The minimum absolute atomic E-state index is 0.0305. The van der Waals surface area contributed by atoms with Crippen molar-refractivity contribution in [2.45, 2.75) is 64.9 Å². The molecule has 3 aliphatic heterocycles. The van der Waals surface area contributed by atoms with Crippen LogP contribution in [0.3, 0.4) is 0 Å². The van der Waals surface area contributed by atoms with Gasteiger partial charge in [0.25, 0.3) is 11.8 Å².